The van der Waals surface area contributed by atoms with Crippen LogP contribution in [0.25, 0.3) is 11.1 Å². The van der Waals surface area contributed by atoms with Crippen molar-refractivity contribution in [2.75, 3.05) is 6.61 Å². The van der Waals surface area contributed by atoms with Crippen LogP contribution in [0.1, 0.15) is 61.4 Å². The summed E-state index contributed by atoms with van der Waals surface area (Å²) in [6.07, 6.45) is 2.59. The molecule has 1 unspecified atom stereocenters. The first-order valence-corrected chi connectivity index (χ1v) is 12.2. The van der Waals surface area contributed by atoms with E-state index in [0.717, 1.165) is 18.9 Å². The SMILES string of the molecule is CCOc1ccc(OC(=O)c2ccc(-c3ccc(C4CCC(C(C)O)CC4)c(F)c3F)cc2)cc1F. The van der Waals surface area contributed by atoms with Crippen LogP contribution in [0.4, 0.5) is 13.2 Å². The van der Waals surface area contributed by atoms with Crippen molar-refractivity contribution in [3.63, 3.8) is 0 Å². The van der Waals surface area contributed by atoms with Crippen LogP contribution < -0.4 is 9.47 Å². The number of carbonyl (C=O) groups is 1. The maximum atomic E-state index is 15.0. The van der Waals surface area contributed by atoms with Gasteiger partial charge in [0.2, 0.25) is 0 Å². The van der Waals surface area contributed by atoms with Crippen molar-refractivity contribution in [2.45, 2.75) is 51.6 Å². The fraction of sp³-hybridized carbons (Fsp3) is 0.345. The second-order valence-electron chi connectivity index (χ2n) is 9.17. The number of aliphatic hydroxyl groups excluding tert-OH is 1. The summed E-state index contributed by atoms with van der Waals surface area (Å²) >= 11 is 0. The molecule has 7 heteroatoms. The number of ether oxygens (including phenoxy) is 2. The summed E-state index contributed by atoms with van der Waals surface area (Å²) < 4.78 is 54.4. The van der Waals surface area contributed by atoms with Gasteiger partial charge in [-0.25, -0.2) is 18.0 Å². The van der Waals surface area contributed by atoms with Crippen molar-refractivity contribution in [3.8, 4) is 22.6 Å². The Balaban J connectivity index is 1.46. The Labute approximate surface area is 208 Å². The van der Waals surface area contributed by atoms with Gasteiger partial charge in [-0.2, -0.15) is 0 Å². The van der Waals surface area contributed by atoms with Crippen LogP contribution in [-0.2, 0) is 0 Å². The number of hydrogen-bond donors (Lipinski definition) is 1. The topological polar surface area (TPSA) is 55.8 Å². The molecule has 1 aliphatic carbocycles. The van der Waals surface area contributed by atoms with Gasteiger partial charge in [0, 0.05) is 11.6 Å². The molecule has 4 rings (SSSR count). The quantitative estimate of drug-likeness (QED) is 0.280. The van der Waals surface area contributed by atoms with Gasteiger partial charge in [0.1, 0.15) is 5.75 Å². The standard InChI is InChI=1S/C29H29F3O4/c1-3-35-26-15-12-22(16-25(26)30)36-29(34)21-10-8-20(9-11-21)24-14-13-23(27(31)28(24)32)19-6-4-18(5-7-19)17(2)33/h8-19,33H,3-7H2,1-2H3. The van der Waals surface area contributed by atoms with Crippen LogP contribution in [-0.4, -0.2) is 23.8 Å². The van der Waals surface area contributed by atoms with E-state index >= 15 is 8.78 Å². The van der Waals surface area contributed by atoms with E-state index in [9.17, 15) is 14.3 Å². The molecule has 1 N–H and O–H groups in total. The van der Waals surface area contributed by atoms with Gasteiger partial charge in [-0.3, -0.25) is 0 Å². The van der Waals surface area contributed by atoms with Gasteiger partial charge in [0.05, 0.1) is 18.3 Å². The van der Waals surface area contributed by atoms with Crippen LogP contribution >= 0.6 is 0 Å². The van der Waals surface area contributed by atoms with Crippen molar-refractivity contribution in [3.05, 3.63) is 83.2 Å². The first-order chi connectivity index (χ1) is 17.3. The maximum Gasteiger partial charge on any atom is 0.343 e. The molecular weight excluding hydrogens is 469 g/mol. The number of rotatable bonds is 7. The third-order valence-electron chi connectivity index (χ3n) is 6.85. The van der Waals surface area contributed by atoms with Crippen LogP contribution in [0.5, 0.6) is 11.5 Å². The van der Waals surface area contributed by atoms with Gasteiger partial charge in [-0.05, 0) is 86.8 Å². The molecule has 0 heterocycles. The molecule has 1 saturated carbocycles. The number of benzene rings is 3. The summed E-state index contributed by atoms with van der Waals surface area (Å²) in [5, 5.41) is 9.78. The lowest BCUT2D eigenvalue weighted by Gasteiger charge is -2.30. The van der Waals surface area contributed by atoms with Gasteiger partial charge < -0.3 is 14.6 Å². The third-order valence-corrected chi connectivity index (χ3v) is 6.85. The maximum absolute atomic E-state index is 15.0. The Morgan fingerprint density at radius 3 is 2.28 bits per heavy atom. The van der Waals surface area contributed by atoms with E-state index in [0.29, 0.717) is 30.6 Å². The van der Waals surface area contributed by atoms with Crippen molar-refractivity contribution >= 4 is 5.97 Å². The highest BCUT2D eigenvalue weighted by molar-refractivity contribution is 5.91. The fourth-order valence-electron chi connectivity index (χ4n) is 4.78. The van der Waals surface area contributed by atoms with E-state index in [1.54, 1.807) is 26.0 Å². The van der Waals surface area contributed by atoms with E-state index in [-0.39, 0.29) is 34.5 Å². The molecule has 3 aromatic carbocycles. The zero-order valence-electron chi connectivity index (χ0n) is 20.3. The second kappa shape index (κ2) is 11.2. The predicted molar refractivity (Wildman–Crippen MR) is 131 cm³/mol. The van der Waals surface area contributed by atoms with E-state index in [1.807, 2.05) is 0 Å². The number of halogens is 3. The van der Waals surface area contributed by atoms with Crippen molar-refractivity contribution in [2.24, 2.45) is 5.92 Å². The van der Waals surface area contributed by atoms with Gasteiger partial charge in [0.25, 0.3) is 0 Å². The number of carbonyl (C=O) groups excluding carboxylic acids is 1. The highest BCUT2D eigenvalue weighted by atomic mass is 19.2. The normalized spacial score (nSPS) is 18.5. The van der Waals surface area contributed by atoms with E-state index in [4.69, 9.17) is 9.47 Å². The Morgan fingerprint density at radius 2 is 1.67 bits per heavy atom. The smallest absolute Gasteiger partial charge is 0.343 e. The first-order valence-electron chi connectivity index (χ1n) is 12.2. The highest BCUT2D eigenvalue weighted by Crippen LogP contribution is 2.39. The van der Waals surface area contributed by atoms with Gasteiger partial charge >= 0.3 is 5.97 Å². The van der Waals surface area contributed by atoms with Crippen molar-refractivity contribution in [1.29, 1.82) is 0 Å². The fourth-order valence-corrected chi connectivity index (χ4v) is 4.78. The molecule has 0 spiro atoms. The molecule has 0 radical (unpaired) electrons. The zero-order valence-corrected chi connectivity index (χ0v) is 20.3. The average molecular weight is 499 g/mol. The molecule has 190 valence electrons. The molecule has 1 atom stereocenters. The lowest BCUT2D eigenvalue weighted by molar-refractivity contribution is 0.0734. The van der Waals surface area contributed by atoms with Crippen LogP contribution in [0.15, 0.2) is 54.6 Å². The summed E-state index contributed by atoms with van der Waals surface area (Å²) in [5.74, 6) is -2.92. The molecule has 3 aromatic rings. The van der Waals surface area contributed by atoms with Crippen LogP contribution in [0.2, 0.25) is 0 Å². The Kier molecular flexibility index (Phi) is 7.99. The summed E-state index contributed by atoms with van der Waals surface area (Å²) in [7, 11) is 0. The minimum absolute atomic E-state index is 0.0243. The highest BCUT2D eigenvalue weighted by Gasteiger charge is 2.28. The first kappa shape index (κ1) is 25.8. The molecule has 1 fully saturated rings. The van der Waals surface area contributed by atoms with Gasteiger partial charge in [0.15, 0.2) is 23.2 Å². The molecular formula is C29H29F3O4. The number of esters is 1. The van der Waals surface area contributed by atoms with Crippen LogP contribution in [0.3, 0.4) is 0 Å². The molecule has 4 nitrogen and oxygen atoms in total. The van der Waals surface area contributed by atoms with Gasteiger partial charge in [-0.1, -0.05) is 24.3 Å². The van der Waals surface area contributed by atoms with Crippen molar-refractivity contribution < 1.29 is 32.5 Å². The Hall–Kier alpha value is -3.32. The number of aliphatic hydroxyl groups is 1. The number of hydrogen-bond acceptors (Lipinski definition) is 4. The molecule has 36 heavy (non-hydrogen) atoms. The van der Waals surface area contributed by atoms with Crippen molar-refractivity contribution in [1.82, 2.24) is 0 Å². The zero-order chi connectivity index (χ0) is 25.8. The lowest BCUT2D eigenvalue weighted by atomic mass is 9.76. The second-order valence-corrected chi connectivity index (χ2v) is 9.17. The van der Waals surface area contributed by atoms with E-state index in [1.165, 1.54) is 36.4 Å². The molecule has 0 aliphatic heterocycles. The van der Waals surface area contributed by atoms with Crippen LogP contribution in [0, 0.1) is 23.4 Å². The minimum atomic E-state index is -0.926. The minimum Gasteiger partial charge on any atom is -0.491 e. The average Bonchev–Trinajstić information content (AvgIpc) is 2.87. The predicted octanol–water partition coefficient (Wildman–Crippen LogP) is 7.04. The largest absolute Gasteiger partial charge is 0.491 e. The third kappa shape index (κ3) is 5.57. The lowest BCUT2D eigenvalue weighted by Crippen LogP contribution is -2.23. The van der Waals surface area contributed by atoms with E-state index in [2.05, 4.69) is 0 Å². The summed E-state index contributed by atoms with van der Waals surface area (Å²) in [6.45, 7) is 3.81. The Morgan fingerprint density at radius 1 is 0.972 bits per heavy atom. The molecule has 0 amide bonds. The molecule has 0 aromatic heterocycles. The van der Waals surface area contributed by atoms with Gasteiger partial charge in [-0.15, -0.1) is 0 Å². The summed E-state index contributed by atoms with van der Waals surface area (Å²) in [6, 6.07) is 13.0. The monoisotopic (exact) mass is 498 g/mol. The molecule has 1 aliphatic rings. The Bertz CT molecular complexity index is 1220. The van der Waals surface area contributed by atoms with E-state index < -0.39 is 29.5 Å². The summed E-state index contributed by atoms with van der Waals surface area (Å²) in [4.78, 5) is 12.5. The summed E-state index contributed by atoms with van der Waals surface area (Å²) in [5.41, 5.74) is 1.06. The molecule has 0 saturated heterocycles. The molecule has 0 bridgehead atoms.